The normalized spacial score (nSPS) is 27.3. The summed E-state index contributed by atoms with van der Waals surface area (Å²) in [5, 5.41) is 15.9. The van der Waals surface area contributed by atoms with E-state index in [2.05, 4.69) is 28.4 Å². The maximum atomic E-state index is 13.2. The first kappa shape index (κ1) is 21.7. The van der Waals surface area contributed by atoms with Gasteiger partial charge in [0.05, 0.1) is 0 Å². The average molecular weight is 455 g/mol. The summed E-state index contributed by atoms with van der Waals surface area (Å²) in [6.45, 7) is 3.49. The van der Waals surface area contributed by atoms with Crippen LogP contribution in [0.1, 0.15) is 54.4 Å². The highest BCUT2D eigenvalue weighted by molar-refractivity contribution is 5.98. The topological polar surface area (TPSA) is 52.6 Å². The van der Waals surface area contributed by atoms with Crippen LogP contribution in [0.5, 0.6) is 5.75 Å². The van der Waals surface area contributed by atoms with Crippen LogP contribution in [0.2, 0.25) is 0 Å². The van der Waals surface area contributed by atoms with Gasteiger partial charge < -0.3 is 15.3 Å². The van der Waals surface area contributed by atoms with Crippen LogP contribution < -0.4 is 5.32 Å². The van der Waals surface area contributed by atoms with Gasteiger partial charge in [-0.1, -0.05) is 42.5 Å². The third-order valence-electron chi connectivity index (χ3n) is 8.59. The van der Waals surface area contributed by atoms with E-state index in [9.17, 15) is 9.90 Å². The number of nitrogens with one attached hydrogen (secondary N) is 1. The number of carbonyl (C=O) groups is 1. The molecule has 0 spiro atoms. The molecule has 0 aromatic heterocycles. The summed E-state index contributed by atoms with van der Waals surface area (Å²) in [6.07, 6.45) is 6.94. The first-order valence-electron chi connectivity index (χ1n) is 12.9. The van der Waals surface area contributed by atoms with Gasteiger partial charge in [-0.3, -0.25) is 4.79 Å². The predicted octanol–water partition coefficient (Wildman–Crippen LogP) is 5.50. The van der Waals surface area contributed by atoms with E-state index in [-0.39, 0.29) is 17.4 Å². The molecule has 3 unspecified atom stereocenters. The van der Waals surface area contributed by atoms with Crippen LogP contribution in [0.15, 0.2) is 66.7 Å². The third-order valence-corrected chi connectivity index (χ3v) is 8.59. The molecule has 2 N–H and O–H groups in total. The molecule has 2 aliphatic carbocycles. The molecular formula is C30H34N2O2. The summed E-state index contributed by atoms with van der Waals surface area (Å²) >= 11 is 0. The Hall–Kier alpha value is -2.85. The summed E-state index contributed by atoms with van der Waals surface area (Å²) in [5.74, 6) is 1.83. The van der Waals surface area contributed by atoms with Crippen LogP contribution in [-0.4, -0.2) is 41.6 Å². The number of carbonyl (C=O) groups excluding carboxylic acids is 1. The molecule has 0 radical (unpaired) electrons. The molecule has 3 aromatic carbocycles. The molecule has 1 heterocycles. The van der Waals surface area contributed by atoms with E-state index in [1.54, 1.807) is 6.07 Å². The van der Waals surface area contributed by atoms with Gasteiger partial charge in [0.2, 0.25) is 0 Å². The van der Waals surface area contributed by atoms with Crippen molar-refractivity contribution in [2.45, 2.75) is 50.0 Å². The Morgan fingerprint density at radius 1 is 0.971 bits per heavy atom. The molecule has 2 saturated carbocycles. The number of rotatable bonds is 5. The van der Waals surface area contributed by atoms with Crippen molar-refractivity contribution in [3.63, 3.8) is 0 Å². The highest BCUT2D eigenvalue weighted by Gasteiger charge is 2.48. The van der Waals surface area contributed by atoms with E-state index in [0.29, 0.717) is 11.7 Å². The predicted molar refractivity (Wildman–Crippen MR) is 136 cm³/mol. The number of fused-ring (bicyclic) bond motifs is 2. The van der Waals surface area contributed by atoms with Crippen LogP contribution in [-0.2, 0) is 5.41 Å². The van der Waals surface area contributed by atoms with Crippen molar-refractivity contribution in [2.75, 3.05) is 19.6 Å². The second-order valence-corrected chi connectivity index (χ2v) is 10.9. The number of piperidine rings is 1. The van der Waals surface area contributed by atoms with Gasteiger partial charge in [-0.25, -0.2) is 0 Å². The van der Waals surface area contributed by atoms with Gasteiger partial charge in [-0.05, 0) is 97.5 Å². The largest absolute Gasteiger partial charge is 0.508 e. The minimum Gasteiger partial charge on any atom is -0.508 e. The SMILES string of the molecule is O=C(NC1CCC2CN(CC3CC3)CCC2(c2cccc(O)c2)C1)c1ccc2ccccc2c1. The van der Waals surface area contributed by atoms with Crippen LogP contribution in [0, 0.1) is 11.8 Å². The standard InChI is InChI=1S/C30H34N2O2/c33-28-7-3-6-25(17-28)30-14-15-32(19-21-8-9-21)20-26(30)12-13-27(18-30)31-29(34)24-11-10-22-4-1-2-5-23(22)16-24/h1-7,10-11,16-17,21,26-27,33H,8-9,12-15,18-20H2,(H,31,34). The molecule has 3 aliphatic rings. The van der Waals surface area contributed by atoms with E-state index < -0.39 is 0 Å². The van der Waals surface area contributed by atoms with Crippen molar-refractivity contribution in [1.29, 1.82) is 0 Å². The Labute approximate surface area is 202 Å². The van der Waals surface area contributed by atoms with Gasteiger partial charge in [0.15, 0.2) is 0 Å². The lowest BCUT2D eigenvalue weighted by Crippen LogP contribution is -2.56. The number of benzene rings is 3. The minimum atomic E-state index is 0.0123. The summed E-state index contributed by atoms with van der Waals surface area (Å²) in [4.78, 5) is 15.9. The van der Waals surface area contributed by atoms with E-state index in [1.165, 1.54) is 24.9 Å². The van der Waals surface area contributed by atoms with Crippen molar-refractivity contribution in [2.24, 2.45) is 11.8 Å². The zero-order chi connectivity index (χ0) is 23.1. The number of hydrogen-bond donors (Lipinski definition) is 2. The van der Waals surface area contributed by atoms with Gasteiger partial charge in [0.25, 0.3) is 5.91 Å². The van der Waals surface area contributed by atoms with E-state index >= 15 is 0 Å². The molecule has 34 heavy (non-hydrogen) atoms. The molecule has 1 amide bonds. The maximum Gasteiger partial charge on any atom is 0.251 e. The third kappa shape index (κ3) is 4.20. The average Bonchev–Trinajstić information content (AvgIpc) is 3.68. The molecule has 3 aromatic rings. The summed E-state index contributed by atoms with van der Waals surface area (Å²) in [6, 6.07) is 22.2. The molecule has 4 heteroatoms. The summed E-state index contributed by atoms with van der Waals surface area (Å²) in [5.41, 5.74) is 1.98. The van der Waals surface area contributed by atoms with Crippen molar-refractivity contribution < 1.29 is 9.90 Å². The van der Waals surface area contributed by atoms with Crippen LogP contribution in [0.25, 0.3) is 10.8 Å². The Morgan fingerprint density at radius 2 is 1.82 bits per heavy atom. The Bertz CT molecular complexity index is 1200. The first-order valence-corrected chi connectivity index (χ1v) is 12.9. The monoisotopic (exact) mass is 454 g/mol. The number of amides is 1. The molecular weight excluding hydrogens is 420 g/mol. The number of phenols is 1. The number of likely N-dealkylation sites (tertiary alicyclic amines) is 1. The van der Waals surface area contributed by atoms with Gasteiger partial charge in [0.1, 0.15) is 5.75 Å². The highest BCUT2D eigenvalue weighted by Crippen LogP contribution is 2.50. The molecule has 176 valence electrons. The number of hydrogen-bond acceptors (Lipinski definition) is 3. The Balaban J connectivity index is 1.23. The second kappa shape index (κ2) is 8.74. The molecule has 3 atom stereocenters. The lowest BCUT2D eigenvalue weighted by Gasteiger charge is -2.53. The Kier molecular flexibility index (Phi) is 5.57. The fraction of sp³-hybridized carbons (Fsp3) is 0.433. The lowest BCUT2D eigenvalue weighted by molar-refractivity contribution is 0.0403. The molecule has 1 aliphatic heterocycles. The van der Waals surface area contributed by atoms with Crippen molar-refractivity contribution >= 4 is 16.7 Å². The van der Waals surface area contributed by atoms with Gasteiger partial charge >= 0.3 is 0 Å². The fourth-order valence-corrected chi connectivity index (χ4v) is 6.59. The quantitative estimate of drug-likeness (QED) is 0.535. The summed E-state index contributed by atoms with van der Waals surface area (Å²) < 4.78 is 0. The van der Waals surface area contributed by atoms with E-state index in [0.717, 1.165) is 61.0 Å². The zero-order valence-electron chi connectivity index (χ0n) is 19.7. The Morgan fingerprint density at radius 3 is 2.65 bits per heavy atom. The zero-order valence-corrected chi connectivity index (χ0v) is 19.7. The van der Waals surface area contributed by atoms with Crippen molar-refractivity contribution in [3.05, 3.63) is 77.9 Å². The van der Waals surface area contributed by atoms with Crippen LogP contribution in [0.3, 0.4) is 0 Å². The van der Waals surface area contributed by atoms with E-state index in [4.69, 9.17) is 0 Å². The lowest BCUT2D eigenvalue weighted by atomic mass is 9.58. The molecule has 3 fully saturated rings. The van der Waals surface area contributed by atoms with Crippen molar-refractivity contribution in [1.82, 2.24) is 10.2 Å². The molecule has 6 rings (SSSR count). The molecule has 0 bridgehead atoms. The molecule has 4 nitrogen and oxygen atoms in total. The first-order chi connectivity index (χ1) is 16.6. The smallest absolute Gasteiger partial charge is 0.251 e. The number of aromatic hydroxyl groups is 1. The maximum absolute atomic E-state index is 13.2. The number of nitrogens with zero attached hydrogens (tertiary/aromatic N) is 1. The highest BCUT2D eigenvalue weighted by atomic mass is 16.3. The summed E-state index contributed by atoms with van der Waals surface area (Å²) in [7, 11) is 0. The number of phenolic OH excluding ortho intramolecular Hbond substituents is 1. The van der Waals surface area contributed by atoms with Crippen molar-refractivity contribution in [3.8, 4) is 5.75 Å². The van der Waals surface area contributed by atoms with Gasteiger partial charge in [-0.2, -0.15) is 0 Å². The minimum absolute atomic E-state index is 0.0123. The van der Waals surface area contributed by atoms with E-state index in [1.807, 2.05) is 42.5 Å². The fourth-order valence-electron chi connectivity index (χ4n) is 6.59. The molecule has 1 saturated heterocycles. The second-order valence-electron chi connectivity index (χ2n) is 10.9. The van der Waals surface area contributed by atoms with Crippen LogP contribution >= 0.6 is 0 Å². The van der Waals surface area contributed by atoms with Gasteiger partial charge in [-0.15, -0.1) is 0 Å². The van der Waals surface area contributed by atoms with Crippen LogP contribution in [0.4, 0.5) is 0 Å². The van der Waals surface area contributed by atoms with Gasteiger partial charge in [0, 0.05) is 30.1 Å².